The molecule has 1 aromatic carbocycles. The molecular weight excluding hydrogens is 247 g/mol. The van der Waals surface area contributed by atoms with Crippen LogP contribution in [0.3, 0.4) is 0 Å². The van der Waals surface area contributed by atoms with Gasteiger partial charge in [0.2, 0.25) is 0 Å². The Morgan fingerprint density at radius 1 is 1.19 bits per heavy atom. The summed E-state index contributed by atoms with van der Waals surface area (Å²) in [5.74, 6) is 5.17. The van der Waals surface area contributed by atoms with Gasteiger partial charge in [-0.3, -0.25) is 0 Å². The Hall–Kier alpha value is -0.480. The largest absolute Gasteiger partial charge is 0.371 e. The van der Waals surface area contributed by atoms with Gasteiger partial charge in [0.05, 0.1) is 16.1 Å². The number of rotatable bonds is 2. The molecule has 0 atom stereocenters. The van der Waals surface area contributed by atoms with E-state index in [1.807, 2.05) is 18.2 Å². The fourth-order valence-electron chi connectivity index (χ4n) is 1.93. The van der Waals surface area contributed by atoms with Crippen molar-refractivity contribution in [1.29, 1.82) is 0 Å². The number of anilines is 1. The molecule has 0 saturated carbocycles. The monoisotopic (exact) mass is 260 g/mol. The summed E-state index contributed by atoms with van der Waals surface area (Å²) in [6.07, 6.45) is 2.06. The van der Waals surface area contributed by atoms with Crippen LogP contribution in [0, 0.1) is 0 Å². The standard InChI is InChI=1S/C11H14Cl2N2O/c12-10-2-1-8(7-11(10)13)15-5-3-9(16-14)4-6-15/h1-2,7,9H,3-6,14H2. The quantitative estimate of drug-likeness (QED) is 0.832. The van der Waals surface area contributed by atoms with Gasteiger partial charge in [0.1, 0.15) is 0 Å². The molecule has 0 unspecified atom stereocenters. The minimum absolute atomic E-state index is 0.180. The van der Waals surface area contributed by atoms with Crippen LogP contribution in [0.4, 0.5) is 5.69 Å². The SMILES string of the molecule is NOC1CCN(c2ccc(Cl)c(Cl)c2)CC1. The molecule has 0 radical (unpaired) electrons. The van der Waals surface area contributed by atoms with Gasteiger partial charge in [-0.05, 0) is 31.0 Å². The summed E-state index contributed by atoms with van der Waals surface area (Å²) in [7, 11) is 0. The molecule has 0 amide bonds. The topological polar surface area (TPSA) is 38.5 Å². The molecule has 3 nitrogen and oxygen atoms in total. The molecule has 1 aliphatic rings. The summed E-state index contributed by atoms with van der Waals surface area (Å²) < 4.78 is 0. The van der Waals surface area contributed by atoms with Gasteiger partial charge in [-0.1, -0.05) is 23.2 Å². The molecule has 2 N–H and O–H groups in total. The van der Waals surface area contributed by atoms with Crippen LogP contribution in [0.1, 0.15) is 12.8 Å². The minimum atomic E-state index is 0.180. The van der Waals surface area contributed by atoms with Crippen LogP contribution in [0.15, 0.2) is 18.2 Å². The van der Waals surface area contributed by atoms with Gasteiger partial charge in [-0.25, -0.2) is 5.90 Å². The van der Waals surface area contributed by atoms with Crippen molar-refractivity contribution in [1.82, 2.24) is 0 Å². The third kappa shape index (κ3) is 2.61. The maximum atomic E-state index is 5.99. The van der Waals surface area contributed by atoms with Crippen LogP contribution in [-0.2, 0) is 4.84 Å². The Morgan fingerprint density at radius 2 is 1.88 bits per heavy atom. The van der Waals surface area contributed by atoms with Gasteiger partial charge in [0, 0.05) is 18.8 Å². The Labute approximate surface area is 105 Å². The number of piperidine rings is 1. The van der Waals surface area contributed by atoms with Crippen LogP contribution >= 0.6 is 23.2 Å². The van der Waals surface area contributed by atoms with Crippen molar-refractivity contribution in [3.63, 3.8) is 0 Å². The van der Waals surface area contributed by atoms with E-state index in [9.17, 15) is 0 Å². The zero-order valence-electron chi connectivity index (χ0n) is 8.83. The predicted molar refractivity (Wildman–Crippen MR) is 67.0 cm³/mol. The zero-order valence-corrected chi connectivity index (χ0v) is 10.3. The molecule has 2 rings (SSSR count). The summed E-state index contributed by atoms with van der Waals surface area (Å²) in [6, 6.07) is 5.70. The van der Waals surface area contributed by atoms with Crippen LogP contribution < -0.4 is 10.8 Å². The minimum Gasteiger partial charge on any atom is -0.371 e. The molecule has 5 heteroatoms. The highest BCUT2D eigenvalue weighted by Gasteiger charge is 2.19. The Bertz CT molecular complexity index is 365. The highest BCUT2D eigenvalue weighted by molar-refractivity contribution is 6.42. The van der Waals surface area contributed by atoms with E-state index < -0.39 is 0 Å². The van der Waals surface area contributed by atoms with Gasteiger partial charge in [-0.2, -0.15) is 0 Å². The average Bonchev–Trinajstić information content (AvgIpc) is 2.33. The number of nitrogens with zero attached hydrogens (tertiary/aromatic N) is 1. The van der Waals surface area contributed by atoms with Crippen molar-refractivity contribution >= 4 is 28.9 Å². The summed E-state index contributed by atoms with van der Waals surface area (Å²) in [5, 5.41) is 1.18. The smallest absolute Gasteiger partial charge is 0.0821 e. The van der Waals surface area contributed by atoms with Gasteiger partial charge in [0.15, 0.2) is 0 Å². The van der Waals surface area contributed by atoms with Crippen LogP contribution in [0.2, 0.25) is 10.0 Å². The van der Waals surface area contributed by atoms with Crippen molar-refractivity contribution in [3.05, 3.63) is 28.2 Å². The summed E-state index contributed by atoms with van der Waals surface area (Å²) in [5.41, 5.74) is 1.10. The summed E-state index contributed by atoms with van der Waals surface area (Å²) >= 11 is 11.9. The maximum Gasteiger partial charge on any atom is 0.0821 e. The van der Waals surface area contributed by atoms with Crippen LogP contribution in [-0.4, -0.2) is 19.2 Å². The highest BCUT2D eigenvalue weighted by Crippen LogP contribution is 2.28. The van der Waals surface area contributed by atoms with Crippen LogP contribution in [0.5, 0.6) is 0 Å². The van der Waals surface area contributed by atoms with Gasteiger partial charge in [-0.15, -0.1) is 0 Å². The molecule has 1 heterocycles. The van der Waals surface area contributed by atoms with Gasteiger partial charge >= 0.3 is 0 Å². The molecular formula is C11H14Cl2N2O. The van der Waals surface area contributed by atoms with E-state index in [0.29, 0.717) is 10.0 Å². The molecule has 0 bridgehead atoms. The molecule has 1 fully saturated rings. The Morgan fingerprint density at radius 3 is 2.44 bits per heavy atom. The molecule has 1 saturated heterocycles. The first-order valence-electron chi connectivity index (χ1n) is 5.26. The first kappa shape index (κ1) is 12.0. The Kier molecular flexibility index (Phi) is 3.92. The second kappa shape index (κ2) is 5.23. The van der Waals surface area contributed by atoms with E-state index >= 15 is 0 Å². The number of nitrogens with two attached hydrogens (primary N) is 1. The molecule has 0 aliphatic carbocycles. The van der Waals surface area contributed by atoms with E-state index in [4.69, 9.17) is 33.9 Å². The number of benzene rings is 1. The lowest BCUT2D eigenvalue weighted by molar-refractivity contribution is 0.0368. The lowest BCUT2D eigenvalue weighted by Gasteiger charge is -2.32. The summed E-state index contributed by atoms with van der Waals surface area (Å²) in [6.45, 7) is 1.86. The molecule has 1 aromatic rings. The average molecular weight is 261 g/mol. The van der Waals surface area contributed by atoms with E-state index in [0.717, 1.165) is 31.6 Å². The van der Waals surface area contributed by atoms with Crippen molar-refractivity contribution in [2.24, 2.45) is 5.90 Å². The lowest BCUT2D eigenvalue weighted by Crippen LogP contribution is -2.37. The third-order valence-electron chi connectivity index (χ3n) is 2.90. The zero-order chi connectivity index (χ0) is 11.5. The van der Waals surface area contributed by atoms with Crippen molar-refractivity contribution in [3.8, 4) is 0 Å². The van der Waals surface area contributed by atoms with Crippen molar-refractivity contribution in [2.45, 2.75) is 18.9 Å². The van der Waals surface area contributed by atoms with Crippen molar-refractivity contribution < 1.29 is 4.84 Å². The van der Waals surface area contributed by atoms with E-state index in [1.165, 1.54) is 0 Å². The maximum absolute atomic E-state index is 5.99. The van der Waals surface area contributed by atoms with E-state index in [2.05, 4.69) is 4.90 Å². The molecule has 16 heavy (non-hydrogen) atoms. The van der Waals surface area contributed by atoms with Gasteiger partial charge in [0.25, 0.3) is 0 Å². The molecule has 0 aromatic heterocycles. The fourth-order valence-corrected chi connectivity index (χ4v) is 2.22. The molecule has 1 aliphatic heterocycles. The number of halogens is 2. The van der Waals surface area contributed by atoms with E-state index in [-0.39, 0.29) is 6.10 Å². The second-order valence-electron chi connectivity index (χ2n) is 3.92. The first-order chi connectivity index (χ1) is 7.70. The lowest BCUT2D eigenvalue weighted by atomic mass is 10.1. The predicted octanol–water partition coefficient (Wildman–Crippen LogP) is 2.85. The normalized spacial score (nSPS) is 17.8. The summed E-state index contributed by atoms with van der Waals surface area (Å²) in [4.78, 5) is 7.11. The highest BCUT2D eigenvalue weighted by atomic mass is 35.5. The van der Waals surface area contributed by atoms with Gasteiger partial charge < -0.3 is 9.74 Å². The Balaban J connectivity index is 2.05. The second-order valence-corrected chi connectivity index (χ2v) is 4.74. The number of hydrogen-bond donors (Lipinski definition) is 1. The fraction of sp³-hybridized carbons (Fsp3) is 0.455. The number of hydrogen-bond acceptors (Lipinski definition) is 3. The third-order valence-corrected chi connectivity index (χ3v) is 3.64. The van der Waals surface area contributed by atoms with E-state index in [1.54, 1.807) is 0 Å². The van der Waals surface area contributed by atoms with Crippen molar-refractivity contribution in [2.75, 3.05) is 18.0 Å². The molecule has 88 valence electrons. The molecule has 0 spiro atoms. The first-order valence-corrected chi connectivity index (χ1v) is 6.02. The van der Waals surface area contributed by atoms with Crippen LogP contribution in [0.25, 0.3) is 0 Å².